The average Bonchev–Trinajstić information content (AvgIpc) is 2.77. The molecule has 0 fully saturated rings. The third kappa shape index (κ3) is 10.3. The van der Waals surface area contributed by atoms with Crippen LogP contribution in [0.15, 0.2) is 24.3 Å². The van der Waals surface area contributed by atoms with Crippen LogP contribution in [-0.2, 0) is 11.3 Å². The van der Waals surface area contributed by atoms with E-state index in [0.717, 1.165) is 44.7 Å². The summed E-state index contributed by atoms with van der Waals surface area (Å²) in [5.41, 5.74) is 14.1. The van der Waals surface area contributed by atoms with Gasteiger partial charge in [0.25, 0.3) is 0 Å². The zero-order valence-electron chi connectivity index (χ0n) is 18.9. The lowest BCUT2D eigenvalue weighted by molar-refractivity contribution is -0.152. The fraction of sp³-hybridized carbons (Fsp3) is 0.391. The molecule has 0 atom stereocenters. The van der Waals surface area contributed by atoms with E-state index in [1.807, 2.05) is 6.07 Å². The van der Waals surface area contributed by atoms with Crippen LogP contribution >= 0.6 is 45.2 Å². The highest BCUT2D eigenvalue weighted by molar-refractivity contribution is 14.1. The van der Waals surface area contributed by atoms with Crippen molar-refractivity contribution in [2.24, 2.45) is 0 Å². The predicted molar refractivity (Wildman–Crippen MR) is 147 cm³/mol. The molecular formula is C23H31I2N3O5. The highest BCUT2D eigenvalue weighted by Crippen LogP contribution is 2.31. The minimum atomic E-state index is 0.110. The first kappa shape index (κ1) is 29.2. The Labute approximate surface area is 222 Å². The van der Waals surface area contributed by atoms with Gasteiger partial charge in [0.05, 0.1) is 38.3 Å². The predicted octanol–water partition coefficient (Wildman–Crippen LogP) is 5.26. The lowest BCUT2D eigenvalue weighted by atomic mass is 10.2. The second-order valence-corrected chi connectivity index (χ2v) is 9.47. The largest absolute Gasteiger partial charge is 0.490 e. The van der Waals surface area contributed by atoms with E-state index in [1.165, 1.54) is 0 Å². The molecule has 10 heteroatoms. The van der Waals surface area contributed by atoms with Crippen LogP contribution in [0, 0.1) is 7.14 Å². The zero-order valence-corrected chi connectivity index (χ0v) is 23.2. The first-order chi connectivity index (χ1) is 15.8. The van der Waals surface area contributed by atoms with Crippen molar-refractivity contribution in [2.45, 2.75) is 46.1 Å². The number of nitrogen functional groups attached to an aromatic ring is 2. The Balaban J connectivity index is 0.000000335. The smallest absolute Gasteiger partial charge is 0.233 e. The van der Waals surface area contributed by atoms with E-state index < -0.39 is 0 Å². The number of carbonyl (C=O) groups is 2. The summed E-state index contributed by atoms with van der Waals surface area (Å²) in [6.45, 7) is 5.61. The minimum absolute atomic E-state index is 0.110. The van der Waals surface area contributed by atoms with Gasteiger partial charge >= 0.3 is 0 Å². The number of ether oxygens (including phenoxy) is 2. The highest BCUT2D eigenvalue weighted by Gasteiger charge is 2.10. The van der Waals surface area contributed by atoms with Crippen molar-refractivity contribution in [3.8, 4) is 11.5 Å². The SMILES string of the molecule is CCCCOc1c(N)cc(C=O)cc1I.CCCCOc1c(N)cc(CN(O)C=O)cc1I. The van der Waals surface area contributed by atoms with Gasteiger partial charge in [-0.1, -0.05) is 26.7 Å². The van der Waals surface area contributed by atoms with E-state index in [2.05, 4.69) is 59.0 Å². The Bertz CT molecular complexity index is 866. The van der Waals surface area contributed by atoms with E-state index in [4.69, 9.17) is 26.1 Å². The fourth-order valence-electron chi connectivity index (χ4n) is 2.64. The average molecular weight is 683 g/mol. The first-order valence-electron chi connectivity index (χ1n) is 10.6. The van der Waals surface area contributed by atoms with Gasteiger partial charge in [0.15, 0.2) is 11.5 Å². The fourth-order valence-corrected chi connectivity index (χ4v) is 4.33. The Morgan fingerprint density at radius 1 is 0.909 bits per heavy atom. The Morgan fingerprint density at radius 2 is 1.42 bits per heavy atom. The standard InChI is InChI=1S/C12H17IN2O3.C11H14INO2/c1-2-3-4-18-12-10(13)5-9(6-11(12)14)7-15(17)8-16;1-2-3-4-15-11-9(12)5-8(7-14)6-10(11)13/h5-6,8,17H,2-4,7,14H2,1H3;5-7H,2-4,13H2,1H3. The Hall–Kier alpha value is -1.80. The number of nitrogens with zero attached hydrogens (tertiary/aromatic N) is 1. The molecule has 0 unspecified atom stereocenters. The highest BCUT2D eigenvalue weighted by atomic mass is 127. The monoisotopic (exact) mass is 683 g/mol. The van der Waals surface area contributed by atoms with Crippen molar-refractivity contribution < 1.29 is 24.3 Å². The van der Waals surface area contributed by atoms with Crippen molar-refractivity contribution in [1.82, 2.24) is 5.06 Å². The van der Waals surface area contributed by atoms with Crippen LogP contribution in [0.25, 0.3) is 0 Å². The molecule has 0 spiro atoms. The van der Waals surface area contributed by atoms with Gasteiger partial charge < -0.3 is 20.9 Å². The molecule has 0 radical (unpaired) electrons. The van der Waals surface area contributed by atoms with Crippen molar-refractivity contribution in [1.29, 1.82) is 0 Å². The Kier molecular flexibility index (Phi) is 14.1. The third-order valence-electron chi connectivity index (χ3n) is 4.32. The summed E-state index contributed by atoms with van der Waals surface area (Å²) in [5.74, 6) is 1.36. The van der Waals surface area contributed by atoms with Crippen LogP contribution in [0.4, 0.5) is 11.4 Å². The molecule has 0 bridgehead atoms. The molecule has 1 amide bonds. The van der Waals surface area contributed by atoms with Gasteiger partial charge in [-0.3, -0.25) is 14.8 Å². The number of nitrogens with two attached hydrogens (primary N) is 2. The van der Waals surface area contributed by atoms with Gasteiger partial charge in [-0.15, -0.1) is 0 Å². The zero-order chi connectivity index (χ0) is 24.8. The maximum atomic E-state index is 10.6. The molecule has 182 valence electrons. The van der Waals surface area contributed by atoms with Gasteiger partial charge in [-0.25, -0.2) is 5.06 Å². The van der Waals surface area contributed by atoms with Crippen LogP contribution in [0.1, 0.15) is 55.5 Å². The topological polar surface area (TPSA) is 128 Å². The lowest BCUT2D eigenvalue weighted by Gasteiger charge is -2.14. The van der Waals surface area contributed by atoms with E-state index in [9.17, 15) is 9.59 Å². The number of hydrogen-bond donors (Lipinski definition) is 3. The molecule has 2 rings (SSSR count). The van der Waals surface area contributed by atoms with Gasteiger partial charge in [-0.05, 0) is 87.9 Å². The van der Waals surface area contributed by atoms with Crippen molar-refractivity contribution in [3.63, 3.8) is 0 Å². The molecule has 2 aromatic carbocycles. The van der Waals surface area contributed by atoms with Crippen molar-refractivity contribution in [3.05, 3.63) is 42.5 Å². The molecule has 0 aliphatic carbocycles. The molecule has 5 N–H and O–H groups in total. The number of carbonyl (C=O) groups excluding carboxylic acids is 2. The number of unbranched alkanes of at least 4 members (excludes halogenated alkanes) is 2. The second kappa shape index (κ2) is 15.9. The number of aldehydes is 1. The quantitative estimate of drug-likeness (QED) is 0.0696. The van der Waals surface area contributed by atoms with Gasteiger partial charge in [0.2, 0.25) is 6.41 Å². The molecule has 0 saturated heterocycles. The third-order valence-corrected chi connectivity index (χ3v) is 5.92. The molecule has 0 aliphatic rings. The molecular weight excluding hydrogens is 652 g/mol. The molecule has 0 heterocycles. The van der Waals surface area contributed by atoms with Crippen LogP contribution in [0.5, 0.6) is 11.5 Å². The molecule has 0 aromatic heterocycles. The maximum absolute atomic E-state index is 10.6. The number of hydrogen-bond acceptors (Lipinski definition) is 7. The lowest BCUT2D eigenvalue weighted by Crippen LogP contribution is -2.16. The first-order valence-corrected chi connectivity index (χ1v) is 12.7. The van der Waals surface area contributed by atoms with Crippen LogP contribution in [0.2, 0.25) is 0 Å². The molecule has 0 aliphatic heterocycles. The van der Waals surface area contributed by atoms with Crippen LogP contribution in [-0.4, -0.2) is 36.2 Å². The van der Waals surface area contributed by atoms with Gasteiger partial charge in [0.1, 0.15) is 6.29 Å². The number of hydroxylamine groups is 2. The van der Waals surface area contributed by atoms with Gasteiger partial charge in [-0.2, -0.15) is 0 Å². The summed E-state index contributed by atoms with van der Waals surface area (Å²) in [6, 6.07) is 6.95. The number of rotatable bonds is 12. The second-order valence-electron chi connectivity index (χ2n) is 7.14. The molecule has 33 heavy (non-hydrogen) atoms. The summed E-state index contributed by atoms with van der Waals surface area (Å²) >= 11 is 4.25. The van der Waals surface area contributed by atoms with E-state index in [-0.39, 0.29) is 6.54 Å². The Morgan fingerprint density at radius 3 is 1.85 bits per heavy atom. The molecule has 2 aromatic rings. The minimum Gasteiger partial charge on any atom is -0.490 e. The molecule has 8 nitrogen and oxygen atoms in total. The van der Waals surface area contributed by atoms with E-state index >= 15 is 0 Å². The number of anilines is 2. The van der Waals surface area contributed by atoms with E-state index in [1.54, 1.807) is 18.2 Å². The number of amides is 1. The van der Waals surface area contributed by atoms with Crippen molar-refractivity contribution in [2.75, 3.05) is 24.7 Å². The number of benzene rings is 2. The summed E-state index contributed by atoms with van der Waals surface area (Å²) in [6.07, 6.45) is 5.27. The van der Waals surface area contributed by atoms with Gasteiger partial charge in [0, 0.05) is 5.56 Å². The number of halogens is 2. The van der Waals surface area contributed by atoms with Crippen LogP contribution < -0.4 is 20.9 Å². The van der Waals surface area contributed by atoms with Crippen LogP contribution in [0.3, 0.4) is 0 Å². The summed E-state index contributed by atoms with van der Waals surface area (Å²) in [7, 11) is 0. The summed E-state index contributed by atoms with van der Waals surface area (Å²) < 4.78 is 12.9. The molecule has 0 saturated carbocycles. The van der Waals surface area contributed by atoms with Crippen molar-refractivity contribution >= 4 is 69.3 Å². The normalized spacial score (nSPS) is 10.1. The summed E-state index contributed by atoms with van der Waals surface area (Å²) in [5, 5.41) is 9.70. The maximum Gasteiger partial charge on any atom is 0.233 e. The van der Waals surface area contributed by atoms with E-state index in [0.29, 0.717) is 53.1 Å². The summed E-state index contributed by atoms with van der Waals surface area (Å²) in [4.78, 5) is 20.9.